The van der Waals surface area contributed by atoms with E-state index in [1.807, 2.05) is 36.5 Å². The van der Waals surface area contributed by atoms with Crippen LogP contribution in [-0.4, -0.2) is 27.7 Å². The van der Waals surface area contributed by atoms with Gasteiger partial charge in [0.05, 0.1) is 12.7 Å². The van der Waals surface area contributed by atoms with Crippen molar-refractivity contribution < 1.29 is 4.74 Å². The van der Waals surface area contributed by atoms with Gasteiger partial charge in [-0.2, -0.15) is 5.10 Å². The van der Waals surface area contributed by atoms with Gasteiger partial charge in [-0.1, -0.05) is 12.1 Å². The molecule has 5 heteroatoms. The van der Waals surface area contributed by atoms with E-state index in [1.165, 1.54) is 5.56 Å². The van der Waals surface area contributed by atoms with E-state index < -0.39 is 0 Å². The lowest BCUT2D eigenvalue weighted by Gasteiger charge is -2.08. The van der Waals surface area contributed by atoms with E-state index in [2.05, 4.69) is 28.4 Å². The molecule has 0 radical (unpaired) electrons. The van der Waals surface area contributed by atoms with Crippen molar-refractivity contribution >= 4 is 11.5 Å². The average molecular weight is 268 g/mol. The smallest absolute Gasteiger partial charge is 0.157 e. The van der Waals surface area contributed by atoms with Gasteiger partial charge in [-0.15, -0.1) is 0 Å². The van der Waals surface area contributed by atoms with E-state index >= 15 is 0 Å². The molecule has 0 aliphatic heterocycles. The first-order valence-corrected chi connectivity index (χ1v) is 6.55. The molecule has 0 bridgehead atoms. The minimum atomic E-state index is 0.593. The largest absolute Gasteiger partial charge is 0.492 e. The highest BCUT2D eigenvalue weighted by molar-refractivity contribution is 5.45. The molecular weight excluding hydrogens is 252 g/mol. The van der Waals surface area contributed by atoms with Crippen LogP contribution in [0.1, 0.15) is 5.56 Å². The molecule has 0 spiro atoms. The van der Waals surface area contributed by atoms with Gasteiger partial charge in [-0.25, -0.2) is 9.50 Å². The van der Waals surface area contributed by atoms with Crippen molar-refractivity contribution in [3.63, 3.8) is 0 Å². The van der Waals surface area contributed by atoms with Crippen LogP contribution in [0.2, 0.25) is 0 Å². The molecule has 0 unspecified atom stereocenters. The predicted molar refractivity (Wildman–Crippen MR) is 78.2 cm³/mol. The van der Waals surface area contributed by atoms with Gasteiger partial charge >= 0.3 is 0 Å². The summed E-state index contributed by atoms with van der Waals surface area (Å²) in [4.78, 5) is 4.43. The second-order valence-electron chi connectivity index (χ2n) is 4.54. The summed E-state index contributed by atoms with van der Waals surface area (Å²) in [6.45, 7) is 3.34. The maximum atomic E-state index is 5.67. The number of rotatable bonds is 5. The van der Waals surface area contributed by atoms with Gasteiger partial charge in [0.1, 0.15) is 18.2 Å². The predicted octanol–water partition coefficient (Wildman–Crippen LogP) is 2.53. The molecule has 2 aromatic heterocycles. The van der Waals surface area contributed by atoms with E-state index in [0.717, 1.165) is 17.2 Å². The fourth-order valence-electron chi connectivity index (χ4n) is 1.96. The molecule has 2 heterocycles. The lowest BCUT2D eigenvalue weighted by Crippen LogP contribution is -2.12. The molecule has 1 aromatic carbocycles. The number of hydrogen-bond acceptors (Lipinski definition) is 4. The van der Waals surface area contributed by atoms with Crippen LogP contribution in [0.25, 0.3) is 5.65 Å². The summed E-state index contributed by atoms with van der Waals surface area (Å²) in [5.74, 6) is 1.72. The second-order valence-corrected chi connectivity index (χ2v) is 4.54. The highest BCUT2D eigenvalue weighted by atomic mass is 16.5. The monoisotopic (exact) mass is 268 g/mol. The Balaban J connectivity index is 1.52. The van der Waals surface area contributed by atoms with Crippen LogP contribution in [0, 0.1) is 6.92 Å². The summed E-state index contributed by atoms with van der Waals surface area (Å²) in [7, 11) is 0. The highest BCUT2D eigenvalue weighted by Crippen LogP contribution is 2.12. The summed E-state index contributed by atoms with van der Waals surface area (Å²) >= 11 is 0. The Morgan fingerprint density at radius 1 is 1.25 bits per heavy atom. The van der Waals surface area contributed by atoms with Crippen LogP contribution in [0.3, 0.4) is 0 Å². The van der Waals surface area contributed by atoms with Crippen LogP contribution in [0.5, 0.6) is 5.75 Å². The Labute approximate surface area is 117 Å². The number of anilines is 1. The molecule has 0 saturated heterocycles. The fraction of sp³-hybridized carbons (Fsp3) is 0.200. The molecule has 102 valence electrons. The molecule has 20 heavy (non-hydrogen) atoms. The van der Waals surface area contributed by atoms with Crippen LogP contribution in [-0.2, 0) is 0 Å². The van der Waals surface area contributed by atoms with Crippen molar-refractivity contribution in [3.05, 3.63) is 54.4 Å². The second kappa shape index (κ2) is 5.61. The SMILES string of the molecule is Cc1cccc(OCCNc2ccn3nccc3n2)c1. The zero-order valence-corrected chi connectivity index (χ0v) is 11.3. The highest BCUT2D eigenvalue weighted by Gasteiger charge is 1.98. The van der Waals surface area contributed by atoms with Crippen molar-refractivity contribution in [1.29, 1.82) is 0 Å². The molecule has 0 saturated carbocycles. The van der Waals surface area contributed by atoms with Crippen molar-refractivity contribution in [1.82, 2.24) is 14.6 Å². The van der Waals surface area contributed by atoms with E-state index in [9.17, 15) is 0 Å². The number of fused-ring (bicyclic) bond motifs is 1. The number of hydrogen-bond donors (Lipinski definition) is 1. The number of benzene rings is 1. The van der Waals surface area contributed by atoms with Crippen LogP contribution in [0.4, 0.5) is 5.82 Å². The number of aromatic nitrogens is 3. The fourth-order valence-corrected chi connectivity index (χ4v) is 1.96. The van der Waals surface area contributed by atoms with E-state index in [-0.39, 0.29) is 0 Å². The Bertz CT molecular complexity index is 708. The van der Waals surface area contributed by atoms with Crippen molar-refractivity contribution in [3.8, 4) is 5.75 Å². The average Bonchev–Trinajstić information content (AvgIpc) is 2.91. The van der Waals surface area contributed by atoms with Crippen LogP contribution >= 0.6 is 0 Å². The Morgan fingerprint density at radius 3 is 3.10 bits per heavy atom. The van der Waals surface area contributed by atoms with Gasteiger partial charge in [0.15, 0.2) is 5.65 Å². The standard InChI is InChI=1S/C15H16N4O/c1-12-3-2-4-13(11-12)20-10-8-16-14-6-9-19-15(18-14)5-7-17-19/h2-7,9,11H,8,10H2,1H3,(H,16,18). The van der Waals surface area contributed by atoms with Crippen LogP contribution in [0.15, 0.2) is 48.8 Å². The van der Waals surface area contributed by atoms with Crippen molar-refractivity contribution in [2.45, 2.75) is 6.92 Å². The lowest BCUT2D eigenvalue weighted by atomic mass is 10.2. The third-order valence-electron chi connectivity index (χ3n) is 2.92. The van der Waals surface area contributed by atoms with Gasteiger partial charge in [-0.3, -0.25) is 0 Å². The topological polar surface area (TPSA) is 51.5 Å². The molecule has 0 fully saturated rings. The molecular formula is C15H16N4O. The molecule has 0 amide bonds. The van der Waals surface area contributed by atoms with Gasteiger partial charge in [0, 0.05) is 12.3 Å². The molecule has 3 rings (SSSR count). The number of ether oxygens (including phenoxy) is 1. The number of nitrogens with one attached hydrogen (secondary N) is 1. The molecule has 1 N–H and O–H groups in total. The molecule has 0 aliphatic rings. The quantitative estimate of drug-likeness (QED) is 0.722. The zero-order chi connectivity index (χ0) is 13.8. The summed E-state index contributed by atoms with van der Waals surface area (Å²) in [5.41, 5.74) is 2.03. The van der Waals surface area contributed by atoms with E-state index in [0.29, 0.717) is 13.2 Å². The Hall–Kier alpha value is -2.56. The third kappa shape index (κ3) is 2.88. The maximum Gasteiger partial charge on any atom is 0.157 e. The van der Waals surface area contributed by atoms with Crippen molar-refractivity contribution in [2.75, 3.05) is 18.5 Å². The first-order chi connectivity index (χ1) is 9.81. The molecule has 3 aromatic rings. The first-order valence-electron chi connectivity index (χ1n) is 6.55. The zero-order valence-electron chi connectivity index (χ0n) is 11.3. The van der Waals surface area contributed by atoms with Gasteiger partial charge in [0.25, 0.3) is 0 Å². The summed E-state index contributed by atoms with van der Waals surface area (Å²) in [5, 5.41) is 7.34. The Kier molecular flexibility index (Phi) is 3.50. The minimum absolute atomic E-state index is 0.593. The minimum Gasteiger partial charge on any atom is -0.492 e. The third-order valence-corrected chi connectivity index (χ3v) is 2.92. The van der Waals surface area contributed by atoms with E-state index in [1.54, 1.807) is 10.7 Å². The normalized spacial score (nSPS) is 10.7. The number of nitrogens with zero attached hydrogens (tertiary/aromatic N) is 3. The summed E-state index contributed by atoms with van der Waals surface area (Å²) in [6, 6.07) is 11.8. The van der Waals surface area contributed by atoms with E-state index in [4.69, 9.17) is 4.74 Å². The molecule has 0 aliphatic carbocycles. The number of aryl methyl sites for hydroxylation is 1. The van der Waals surface area contributed by atoms with Gasteiger partial charge < -0.3 is 10.1 Å². The summed E-state index contributed by atoms with van der Waals surface area (Å²) < 4.78 is 7.40. The Morgan fingerprint density at radius 2 is 2.20 bits per heavy atom. The van der Waals surface area contributed by atoms with Crippen LogP contribution < -0.4 is 10.1 Å². The molecule has 5 nitrogen and oxygen atoms in total. The molecule has 0 atom stereocenters. The van der Waals surface area contributed by atoms with Gasteiger partial charge in [-0.05, 0) is 30.7 Å². The van der Waals surface area contributed by atoms with Crippen molar-refractivity contribution in [2.24, 2.45) is 0 Å². The van der Waals surface area contributed by atoms with Gasteiger partial charge in [0.2, 0.25) is 0 Å². The maximum absolute atomic E-state index is 5.67. The first kappa shape index (κ1) is 12.5. The lowest BCUT2D eigenvalue weighted by molar-refractivity contribution is 0.332. The summed E-state index contributed by atoms with van der Waals surface area (Å²) in [6.07, 6.45) is 3.61.